The van der Waals surface area contributed by atoms with E-state index in [1.807, 2.05) is 0 Å². The number of rotatable bonds is 3. The highest BCUT2D eigenvalue weighted by Gasteiger charge is 2.33. The normalized spacial score (nSPS) is 40.3. The predicted octanol–water partition coefficient (Wildman–Crippen LogP) is 26.1. The first-order chi connectivity index (χ1) is 47.0. The molecule has 97 heavy (non-hydrogen) atoms. The fourth-order valence-electron chi connectivity index (χ4n) is 20.6. The Hall–Kier alpha value is -0.240. The number of aliphatic hydroxyl groups is 1. The van der Waals surface area contributed by atoms with E-state index in [0.29, 0.717) is 18.4 Å². The second-order valence-electron chi connectivity index (χ2n) is 37.9. The maximum atomic E-state index is 10.1. The van der Waals surface area contributed by atoms with Crippen molar-refractivity contribution in [2.24, 2.45) is 118 Å². The topological polar surface area (TPSA) is 60.4 Å². The third-order valence-corrected chi connectivity index (χ3v) is 28.7. The Kier molecular flexibility index (Phi) is 45.1. The van der Waals surface area contributed by atoms with Gasteiger partial charge in [-0.15, -0.1) is 0 Å². The summed E-state index contributed by atoms with van der Waals surface area (Å²) in [6, 6.07) is 0. The van der Waals surface area contributed by atoms with Crippen LogP contribution in [0.1, 0.15) is 385 Å². The Bertz CT molecular complexity index is 1860. The summed E-state index contributed by atoms with van der Waals surface area (Å²) in [7, 11) is 0. The third-order valence-electron chi connectivity index (χ3n) is 28.7. The molecule has 2 aliphatic heterocycles. The Morgan fingerprint density at radius 3 is 0.835 bits per heavy atom. The smallest absolute Gasteiger partial charge is 0.104 e. The fourth-order valence-corrected chi connectivity index (χ4v) is 20.6. The van der Waals surface area contributed by atoms with Gasteiger partial charge < -0.3 is 29.0 Å². The van der Waals surface area contributed by atoms with Crippen LogP contribution in [0.3, 0.4) is 0 Å². The molecule has 0 amide bonds. The van der Waals surface area contributed by atoms with Crippen LogP contribution < -0.4 is 0 Å². The molecule has 4 aliphatic carbocycles. The number of ether oxygens (including phenoxy) is 4. The van der Waals surface area contributed by atoms with Gasteiger partial charge in [-0.25, -0.2) is 0 Å². The van der Waals surface area contributed by atoms with Crippen molar-refractivity contribution < 1.29 is 24.1 Å². The molecule has 0 radical (unpaired) electrons. The predicted molar refractivity (Wildman–Crippen MR) is 420 cm³/mol. The molecule has 6 heteroatoms. The van der Waals surface area contributed by atoms with Crippen molar-refractivity contribution in [2.45, 2.75) is 397 Å². The second-order valence-corrected chi connectivity index (χ2v) is 37.9. The zero-order chi connectivity index (χ0) is 69.4. The maximum absolute atomic E-state index is 10.1. The Balaban J connectivity index is 0.868. The summed E-state index contributed by atoms with van der Waals surface area (Å²) >= 11 is 0. The average molecular weight is 1360 g/mol. The van der Waals surface area contributed by atoms with E-state index in [0.717, 1.165) is 159 Å². The minimum Gasteiger partial charge on any atom is -0.394 e. The van der Waals surface area contributed by atoms with Crippen LogP contribution in [0, 0.1) is 118 Å². The standard InChI is InChI=1S/C91H173NO5/c1-70-24-16-32-78(9)86-48-44-82(62-86)36-20-28-74(5)52-58-94-68-90(66-92-56-14-13-15-57-92)96-60-54-76(7)30-22-38-84-46-50-88(64-84)80(11)34-18-26-72(3)42-43-73(4)27-19-35-81(12)89-51-47-85(65-89)39-23-31-77(8)55-61-97-91(67-93)69-95-59-53-75(6)29-21-37-83-45-49-87(63-83)79(10)33-17-25-71(2)41-40-70/h70-91,93H,13-69H2,1-12H3. The number of aliphatic hydroxyl groups excluding tert-OH is 1. The third kappa shape index (κ3) is 37.5. The van der Waals surface area contributed by atoms with Gasteiger partial charge in [0, 0.05) is 33.0 Å². The molecule has 1 N–H and O–H groups in total. The first-order valence-electron chi connectivity index (χ1n) is 44.7. The summed E-state index contributed by atoms with van der Waals surface area (Å²) in [5.74, 6) is 17.7. The van der Waals surface area contributed by atoms with Crippen LogP contribution in [-0.4, -0.2) is 88.1 Å². The van der Waals surface area contributed by atoms with E-state index in [9.17, 15) is 5.11 Å². The summed E-state index contributed by atoms with van der Waals surface area (Å²) < 4.78 is 25.6. The minimum atomic E-state index is -0.193. The summed E-state index contributed by atoms with van der Waals surface area (Å²) in [5.41, 5.74) is 0. The zero-order valence-electron chi connectivity index (χ0n) is 67.5. The van der Waals surface area contributed by atoms with Gasteiger partial charge in [0.1, 0.15) is 6.10 Å². The largest absolute Gasteiger partial charge is 0.394 e. The van der Waals surface area contributed by atoms with E-state index in [1.165, 1.54) is 302 Å². The molecule has 6 aliphatic rings. The number of piperidine rings is 1. The lowest BCUT2D eigenvalue weighted by atomic mass is 9.84. The van der Waals surface area contributed by atoms with E-state index in [1.54, 1.807) is 0 Å². The highest BCUT2D eigenvalue weighted by molar-refractivity contribution is 4.84. The molecule has 6 fully saturated rings. The molecule has 0 spiro atoms. The first kappa shape index (κ1) is 85.7. The van der Waals surface area contributed by atoms with E-state index in [2.05, 4.69) is 88.0 Å². The molecular weight excluding hydrogens is 1190 g/mol. The quantitative estimate of drug-likeness (QED) is 0.304. The monoisotopic (exact) mass is 1360 g/mol. The van der Waals surface area contributed by atoms with Gasteiger partial charge >= 0.3 is 0 Å². The molecule has 22 unspecified atom stereocenters. The van der Waals surface area contributed by atoms with Crippen molar-refractivity contribution in [1.29, 1.82) is 0 Å². The van der Waals surface area contributed by atoms with Crippen molar-refractivity contribution >= 4 is 0 Å². The fraction of sp³-hybridized carbons (Fsp3) is 1.00. The van der Waals surface area contributed by atoms with Crippen molar-refractivity contribution in [2.75, 3.05) is 65.9 Å². The lowest BCUT2D eigenvalue weighted by Crippen LogP contribution is -2.39. The van der Waals surface area contributed by atoms with Crippen LogP contribution in [0.25, 0.3) is 0 Å². The highest BCUT2D eigenvalue weighted by Crippen LogP contribution is 2.45. The van der Waals surface area contributed by atoms with Crippen molar-refractivity contribution in [3.8, 4) is 0 Å². The van der Waals surface area contributed by atoms with E-state index in [-0.39, 0.29) is 18.8 Å². The molecule has 4 saturated carbocycles. The Morgan fingerprint density at radius 2 is 0.526 bits per heavy atom. The number of fused-ring (bicyclic) bond motifs is 8. The molecule has 0 aromatic heterocycles. The van der Waals surface area contributed by atoms with Crippen molar-refractivity contribution in [1.82, 2.24) is 4.90 Å². The van der Waals surface area contributed by atoms with Gasteiger partial charge in [0.2, 0.25) is 0 Å². The Morgan fingerprint density at radius 1 is 0.258 bits per heavy atom. The van der Waals surface area contributed by atoms with Gasteiger partial charge in [-0.05, 0) is 221 Å². The van der Waals surface area contributed by atoms with Gasteiger partial charge in [0.05, 0.1) is 25.9 Å². The van der Waals surface area contributed by atoms with Crippen LogP contribution in [0.2, 0.25) is 0 Å². The summed E-state index contributed by atoms with van der Waals surface area (Å²) in [4.78, 5) is 2.67. The minimum absolute atomic E-state index is 0.0543. The molecule has 22 atom stereocenters. The second kappa shape index (κ2) is 51.1. The summed E-state index contributed by atoms with van der Waals surface area (Å²) in [6.45, 7) is 38.6. The van der Waals surface area contributed by atoms with Gasteiger partial charge in [0.15, 0.2) is 0 Å². The molecule has 0 aromatic rings. The van der Waals surface area contributed by atoms with Crippen LogP contribution in [0.4, 0.5) is 0 Å². The van der Waals surface area contributed by atoms with E-state index >= 15 is 0 Å². The molecular formula is C91H173NO5. The van der Waals surface area contributed by atoms with Gasteiger partial charge in [0.25, 0.3) is 0 Å². The number of likely N-dealkylation sites (tertiary alicyclic amines) is 1. The van der Waals surface area contributed by atoms with Crippen LogP contribution in [0.15, 0.2) is 0 Å². The number of nitrogens with zero attached hydrogens (tertiary/aromatic N) is 1. The lowest BCUT2D eigenvalue weighted by Gasteiger charge is -2.30. The van der Waals surface area contributed by atoms with Crippen molar-refractivity contribution in [3.05, 3.63) is 0 Å². The van der Waals surface area contributed by atoms with E-state index < -0.39 is 0 Å². The summed E-state index contributed by atoms with van der Waals surface area (Å²) in [5, 5.41) is 10.1. The average Bonchev–Trinajstić information content (AvgIpc) is 2.14. The Labute approximate surface area is 607 Å². The SMILES string of the molecule is CC1CCCC2CCC(C2)C(C)CCCC(C)CCC(C)CCCC(C)C2CCC(CCCC(C)CCOCC(CN3CCCCC3)OCCC(C)CCCC3CCC(C3)C(C)CCCC(C)CCC(C)CCCC(C)C3CCC(CCCC(C)CCOC(CO)COCC1)C3)C2. The molecule has 6 rings (SSSR count). The lowest BCUT2D eigenvalue weighted by molar-refractivity contribution is -0.0471. The molecule has 8 bridgehead atoms. The first-order valence-corrected chi connectivity index (χ1v) is 44.7. The zero-order valence-corrected chi connectivity index (χ0v) is 67.5. The van der Waals surface area contributed by atoms with Gasteiger partial charge in [-0.1, -0.05) is 295 Å². The van der Waals surface area contributed by atoms with Gasteiger partial charge in [-0.2, -0.15) is 0 Å². The number of hydrogen-bond acceptors (Lipinski definition) is 6. The molecule has 572 valence electrons. The van der Waals surface area contributed by atoms with Crippen LogP contribution in [-0.2, 0) is 18.9 Å². The molecule has 2 heterocycles. The highest BCUT2D eigenvalue weighted by atomic mass is 16.5. The van der Waals surface area contributed by atoms with Gasteiger partial charge in [-0.3, -0.25) is 0 Å². The summed E-state index contributed by atoms with van der Waals surface area (Å²) in [6.07, 6.45) is 66.1. The maximum Gasteiger partial charge on any atom is 0.104 e. The molecule has 2 saturated heterocycles. The van der Waals surface area contributed by atoms with Crippen LogP contribution >= 0.6 is 0 Å². The van der Waals surface area contributed by atoms with E-state index in [4.69, 9.17) is 18.9 Å². The molecule has 0 aromatic carbocycles. The van der Waals surface area contributed by atoms with Crippen molar-refractivity contribution in [3.63, 3.8) is 0 Å². The van der Waals surface area contributed by atoms with Crippen LogP contribution in [0.5, 0.6) is 0 Å². The molecule has 6 nitrogen and oxygen atoms in total. The number of hydrogen-bond donors (Lipinski definition) is 1.